The van der Waals surface area contributed by atoms with Gasteiger partial charge in [0, 0.05) is 60.2 Å². The molecule has 46 heavy (non-hydrogen) atoms. The van der Waals surface area contributed by atoms with Crippen LogP contribution in [-0.2, 0) is 20.1 Å². The van der Waals surface area contributed by atoms with E-state index in [1.807, 2.05) is 132 Å². The molecule has 0 saturated carbocycles. The average Bonchev–Trinajstić information content (AvgIpc) is 3.70. The van der Waals surface area contributed by atoms with Crippen LogP contribution in [0.25, 0.3) is 72.2 Å². The summed E-state index contributed by atoms with van der Waals surface area (Å²) in [7, 11) is 0. The van der Waals surface area contributed by atoms with E-state index in [-0.39, 0.29) is 25.9 Å². The summed E-state index contributed by atoms with van der Waals surface area (Å²) < 4.78 is 23.1. The van der Waals surface area contributed by atoms with Crippen molar-refractivity contribution in [2.45, 2.75) is 0 Å². The second-order valence-electron chi connectivity index (χ2n) is 10.4. The Hall–Kier alpha value is -5.49. The van der Waals surface area contributed by atoms with E-state index in [4.69, 9.17) is 14.4 Å². The van der Waals surface area contributed by atoms with Gasteiger partial charge in [-0.1, -0.05) is 78.4 Å². The minimum atomic E-state index is -0.371. The van der Waals surface area contributed by atoms with Crippen LogP contribution in [0.5, 0.6) is 0 Å². The first-order chi connectivity index (χ1) is 22.3. The van der Waals surface area contributed by atoms with E-state index >= 15 is 0 Å². The predicted octanol–water partition coefficient (Wildman–Crippen LogP) is 9.63. The molecule has 0 N–H and O–H groups in total. The van der Waals surface area contributed by atoms with Gasteiger partial charge < -0.3 is 14.0 Å². The predicted molar refractivity (Wildman–Crippen MR) is 176 cm³/mol. The molecule has 0 aliphatic carbocycles. The van der Waals surface area contributed by atoms with Gasteiger partial charge in [-0.15, -0.1) is 48.0 Å². The van der Waals surface area contributed by atoms with Crippen LogP contribution in [-0.4, -0.2) is 19.5 Å². The molecule has 0 bridgehead atoms. The largest absolute Gasteiger partial charge is 0.500 e. The van der Waals surface area contributed by atoms with Crippen molar-refractivity contribution in [3.63, 3.8) is 0 Å². The summed E-state index contributed by atoms with van der Waals surface area (Å²) in [5.74, 6) is 0.230. The van der Waals surface area contributed by atoms with Gasteiger partial charge in [0.2, 0.25) is 0 Å². The SMILES string of the molecule is Fc1c[c-]c(-c2nc3c4ccccc4cnc3n2-c2ccccc2)c2oc3ccccc3c12.[Ir].[c-]1ccccc1-c1ccccn1. The van der Waals surface area contributed by atoms with Crippen LogP contribution in [0.1, 0.15) is 0 Å². The van der Waals surface area contributed by atoms with E-state index in [1.165, 1.54) is 6.07 Å². The van der Waals surface area contributed by atoms with Gasteiger partial charge >= 0.3 is 0 Å². The second kappa shape index (κ2) is 12.5. The summed E-state index contributed by atoms with van der Waals surface area (Å²) in [6.07, 6.45) is 3.64. The van der Waals surface area contributed by atoms with Crippen molar-refractivity contribution in [2.24, 2.45) is 0 Å². The third kappa shape index (κ3) is 5.16. The third-order valence-corrected chi connectivity index (χ3v) is 7.69. The van der Waals surface area contributed by atoms with E-state index in [0.29, 0.717) is 27.9 Å². The zero-order valence-corrected chi connectivity index (χ0v) is 26.6. The molecule has 4 heterocycles. The molecule has 9 aromatic rings. The molecule has 5 aromatic carbocycles. The number of para-hydroxylation sites is 2. The third-order valence-electron chi connectivity index (χ3n) is 7.69. The molecule has 0 atom stereocenters. The van der Waals surface area contributed by atoms with Gasteiger partial charge in [-0.3, -0.25) is 9.37 Å². The molecular weight excluding hydrogens is 752 g/mol. The van der Waals surface area contributed by atoms with Crippen molar-refractivity contribution in [3.8, 4) is 28.3 Å². The van der Waals surface area contributed by atoms with E-state index in [9.17, 15) is 4.39 Å². The van der Waals surface area contributed by atoms with Crippen LogP contribution in [0.3, 0.4) is 0 Å². The van der Waals surface area contributed by atoms with Crippen LogP contribution < -0.4 is 0 Å². The molecule has 4 aromatic heterocycles. The molecule has 9 rings (SSSR count). The summed E-state index contributed by atoms with van der Waals surface area (Å²) in [4.78, 5) is 14.0. The maximum Gasteiger partial charge on any atom is 0.156 e. The van der Waals surface area contributed by atoms with E-state index in [2.05, 4.69) is 17.1 Å². The van der Waals surface area contributed by atoms with Gasteiger partial charge in [-0.25, -0.2) is 4.98 Å². The van der Waals surface area contributed by atoms with Gasteiger partial charge in [-0.05, 0) is 35.3 Å². The Kier molecular flexibility index (Phi) is 7.93. The first kappa shape index (κ1) is 29.2. The fourth-order valence-electron chi connectivity index (χ4n) is 5.63. The Labute approximate surface area is 277 Å². The van der Waals surface area contributed by atoms with Gasteiger partial charge in [-0.2, -0.15) is 0 Å². The monoisotopic (exact) mass is 775 g/mol. The van der Waals surface area contributed by atoms with Crippen LogP contribution >= 0.6 is 0 Å². The number of halogens is 1. The van der Waals surface area contributed by atoms with Crippen LogP contribution in [0.15, 0.2) is 144 Å². The molecule has 0 saturated heterocycles. The Bertz CT molecular complexity index is 2410. The summed E-state index contributed by atoms with van der Waals surface area (Å²) in [5, 5.41) is 3.17. The zero-order valence-electron chi connectivity index (χ0n) is 24.2. The van der Waals surface area contributed by atoms with Gasteiger partial charge in [0.05, 0.1) is 11.4 Å². The molecule has 0 aliphatic rings. The zero-order chi connectivity index (χ0) is 30.2. The second-order valence-corrected chi connectivity index (χ2v) is 10.4. The van der Waals surface area contributed by atoms with Crippen molar-refractivity contribution < 1.29 is 28.9 Å². The van der Waals surface area contributed by atoms with Crippen molar-refractivity contribution in [2.75, 3.05) is 0 Å². The van der Waals surface area contributed by atoms with E-state index in [1.54, 1.807) is 6.20 Å². The first-order valence-electron chi connectivity index (χ1n) is 14.5. The number of fused-ring (bicyclic) bond motifs is 6. The maximum absolute atomic E-state index is 15.0. The van der Waals surface area contributed by atoms with Crippen molar-refractivity contribution in [1.82, 2.24) is 19.5 Å². The van der Waals surface area contributed by atoms with Crippen molar-refractivity contribution in [1.29, 1.82) is 0 Å². The number of benzene rings is 5. The minimum absolute atomic E-state index is 0. The number of rotatable bonds is 3. The Morgan fingerprint density at radius 1 is 0.717 bits per heavy atom. The average molecular weight is 775 g/mol. The molecule has 0 aliphatic heterocycles. The molecule has 0 unspecified atom stereocenters. The molecule has 7 heteroatoms. The van der Waals surface area contributed by atoms with E-state index in [0.717, 1.165) is 44.3 Å². The molecule has 0 amide bonds. The Morgan fingerprint density at radius 3 is 2.28 bits per heavy atom. The summed E-state index contributed by atoms with van der Waals surface area (Å²) in [5.41, 5.74) is 6.04. The normalized spacial score (nSPS) is 11.0. The van der Waals surface area contributed by atoms with Crippen LogP contribution in [0.4, 0.5) is 4.39 Å². The Morgan fingerprint density at radius 2 is 1.48 bits per heavy atom. The molecule has 0 spiro atoms. The fraction of sp³-hybridized carbons (Fsp3) is 0. The summed E-state index contributed by atoms with van der Waals surface area (Å²) >= 11 is 0. The van der Waals surface area contributed by atoms with Crippen LogP contribution in [0.2, 0.25) is 0 Å². The van der Waals surface area contributed by atoms with Gasteiger partial charge in [0.1, 0.15) is 11.1 Å². The molecule has 223 valence electrons. The maximum atomic E-state index is 15.0. The number of nitrogens with zero attached hydrogens (tertiary/aromatic N) is 4. The topological polar surface area (TPSA) is 56.7 Å². The molecule has 0 fully saturated rings. The molecular formula is C39H23FIrN4O-2. The van der Waals surface area contributed by atoms with Crippen molar-refractivity contribution in [3.05, 3.63) is 158 Å². The summed E-state index contributed by atoms with van der Waals surface area (Å²) in [6.45, 7) is 0. The number of pyridine rings is 2. The Balaban J connectivity index is 0.000000220. The van der Waals surface area contributed by atoms with E-state index < -0.39 is 0 Å². The number of aromatic nitrogens is 4. The number of hydrogen-bond donors (Lipinski definition) is 0. The van der Waals surface area contributed by atoms with Gasteiger partial charge in [0.15, 0.2) is 5.65 Å². The first-order valence-corrected chi connectivity index (χ1v) is 14.5. The number of furan rings is 1. The van der Waals surface area contributed by atoms with Crippen LogP contribution in [0, 0.1) is 17.9 Å². The number of imidazole rings is 1. The fourth-order valence-corrected chi connectivity index (χ4v) is 5.63. The smallest absolute Gasteiger partial charge is 0.156 e. The summed E-state index contributed by atoms with van der Waals surface area (Å²) in [6, 6.07) is 46.7. The minimum Gasteiger partial charge on any atom is -0.500 e. The number of hydrogen-bond acceptors (Lipinski definition) is 4. The van der Waals surface area contributed by atoms with Gasteiger partial charge in [0.25, 0.3) is 0 Å². The molecule has 1 radical (unpaired) electrons. The molecule has 5 nitrogen and oxygen atoms in total. The quantitative estimate of drug-likeness (QED) is 0.168. The standard InChI is InChI=1S/C28H15FN3O.C11H8N.Ir/c29-22-15-14-21(26-24(22)20-12-6-7-13-23(20)33-26)27-31-25-19-11-5-4-8-17(19)16-30-28(25)32(27)18-9-2-1-3-10-18;1-2-6-10(7-3-1)11-8-4-5-9-12-11;/h1-13,15-16H;1-6,8-9H;/q2*-1;. The van der Waals surface area contributed by atoms with Crippen molar-refractivity contribution >= 4 is 43.9 Å².